The number of methoxy groups -OCH3 is 1. The van der Waals surface area contributed by atoms with Crippen LogP contribution in [0.25, 0.3) is 0 Å². The molecule has 0 radical (unpaired) electrons. The van der Waals surface area contributed by atoms with Crippen molar-refractivity contribution in [1.29, 1.82) is 0 Å². The maximum absolute atomic E-state index is 12.4. The molecule has 0 fully saturated rings. The number of hydrogen-bond acceptors (Lipinski definition) is 6. The zero-order valence-corrected chi connectivity index (χ0v) is 17.4. The number of benzene rings is 2. The average Bonchev–Trinajstić information content (AvgIpc) is 2.76. The standard InChI is InChI=1S/C22H22N4O2S/c1-15-7-4-5-8-19(15)21(27)26-25-16(2)17-9-10-20(28-3)18(13-17)14-29-22-23-11-6-12-24-22/h4-13H,14H2,1-3H3,(H,26,27)/b25-16-. The van der Waals surface area contributed by atoms with Gasteiger partial charge in [0.15, 0.2) is 5.16 Å². The highest BCUT2D eigenvalue weighted by molar-refractivity contribution is 7.98. The predicted molar refractivity (Wildman–Crippen MR) is 115 cm³/mol. The Bertz CT molecular complexity index is 1020. The number of hydrogen-bond donors (Lipinski definition) is 1. The van der Waals surface area contributed by atoms with E-state index in [1.807, 2.05) is 50.2 Å². The van der Waals surface area contributed by atoms with Crippen molar-refractivity contribution >= 4 is 23.4 Å². The molecule has 1 amide bonds. The summed E-state index contributed by atoms with van der Waals surface area (Å²) in [4.78, 5) is 20.8. The minimum absolute atomic E-state index is 0.229. The summed E-state index contributed by atoms with van der Waals surface area (Å²) in [6.07, 6.45) is 3.44. The van der Waals surface area contributed by atoms with Gasteiger partial charge in [0.1, 0.15) is 5.75 Å². The van der Waals surface area contributed by atoms with E-state index in [-0.39, 0.29) is 5.91 Å². The Labute approximate surface area is 174 Å². The molecule has 2 aromatic carbocycles. The largest absolute Gasteiger partial charge is 0.496 e. The third-order valence-corrected chi connectivity index (χ3v) is 5.24. The second kappa shape index (κ2) is 9.84. The fraction of sp³-hybridized carbons (Fsp3) is 0.182. The number of carbonyl (C=O) groups excluding carboxylic acids is 1. The Hall–Kier alpha value is -3.19. The quantitative estimate of drug-likeness (QED) is 0.275. The van der Waals surface area contributed by atoms with Crippen LogP contribution < -0.4 is 10.2 Å². The molecule has 0 aliphatic carbocycles. The van der Waals surface area contributed by atoms with Crippen LogP contribution in [-0.4, -0.2) is 28.7 Å². The first kappa shape index (κ1) is 20.5. The molecular formula is C22H22N4O2S. The molecule has 0 aliphatic heterocycles. The van der Waals surface area contributed by atoms with Gasteiger partial charge < -0.3 is 4.74 Å². The molecule has 29 heavy (non-hydrogen) atoms. The Morgan fingerprint density at radius 1 is 1.14 bits per heavy atom. The van der Waals surface area contributed by atoms with Gasteiger partial charge in [0.25, 0.3) is 5.91 Å². The summed E-state index contributed by atoms with van der Waals surface area (Å²) in [7, 11) is 1.64. The molecule has 0 unspecified atom stereocenters. The number of thioether (sulfide) groups is 1. The number of nitrogens with one attached hydrogen (secondary N) is 1. The van der Waals surface area contributed by atoms with Crippen LogP contribution in [0.2, 0.25) is 0 Å². The fourth-order valence-corrected chi connectivity index (χ4v) is 3.49. The number of ether oxygens (including phenoxy) is 1. The highest BCUT2D eigenvalue weighted by Crippen LogP contribution is 2.27. The van der Waals surface area contributed by atoms with E-state index in [1.54, 1.807) is 31.6 Å². The Morgan fingerprint density at radius 2 is 1.90 bits per heavy atom. The Balaban J connectivity index is 1.74. The first-order valence-corrected chi connectivity index (χ1v) is 10.0. The first-order valence-electron chi connectivity index (χ1n) is 9.06. The molecule has 6 nitrogen and oxygen atoms in total. The van der Waals surface area contributed by atoms with Gasteiger partial charge in [0.05, 0.1) is 12.8 Å². The molecule has 0 atom stereocenters. The lowest BCUT2D eigenvalue weighted by molar-refractivity contribution is 0.0954. The number of nitrogens with zero attached hydrogens (tertiary/aromatic N) is 3. The predicted octanol–water partition coefficient (Wildman–Crippen LogP) is 4.24. The van der Waals surface area contributed by atoms with E-state index >= 15 is 0 Å². The van der Waals surface area contributed by atoms with Crippen molar-refractivity contribution in [3.05, 3.63) is 83.2 Å². The van der Waals surface area contributed by atoms with Crippen LogP contribution >= 0.6 is 11.8 Å². The monoisotopic (exact) mass is 406 g/mol. The van der Waals surface area contributed by atoms with Crippen molar-refractivity contribution in [2.24, 2.45) is 5.10 Å². The molecule has 0 aliphatic rings. The van der Waals surface area contributed by atoms with E-state index in [2.05, 4.69) is 20.5 Å². The Kier molecular flexibility index (Phi) is 6.97. The topological polar surface area (TPSA) is 76.5 Å². The molecule has 0 saturated heterocycles. The van der Waals surface area contributed by atoms with Crippen LogP contribution in [0.4, 0.5) is 0 Å². The fourth-order valence-electron chi connectivity index (χ4n) is 2.71. The zero-order valence-electron chi connectivity index (χ0n) is 16.5. The van der Waals surface area contributed by atoms with Gasteiger partial charge in [-0.25, -0.2) is 15.4 Å². The van der Waals surface area contributed by atoms with Gasteiger partial charge in [-0.3, -0.25) is 4.79 Å². The number of rotatable bonds is 7. The first-order chi connectivity index (χ1) is 14.1. The average molecular weight is 407 g/mol. The third-order valence-electron chi connectivity index (χ3n) is 4.31. The summed E-state index contributed by atoms with van der Waals surface area (Å²) in [6.45, 7) is 3.76. The van der Waals surface area contributed by atoms with Gasteiger partial charge in [0.2, 0.25) is 0 Å². The normalized spacial score (nSPS) is 11.2. The molecule has 0 spiro atoms. The maximum Gasteiger partial charge on any atom is 0.271 e. The molecule has 1 heterocycles. The SMILES string of the molecule is COc1ccc(/C(C)=N\NC(=O)c2ccccc2C)cc1CSc1ncccn1. The molecule has 3 aromatic rings. The van der Waals surface area contributed by atoms with Crippen LogP contribution in [0, 0.1) is 6.92 Å². The smallest absolute Gasteiger partial charge is 0.271 e. The second-order valence-electron chi connectivity index (χ2n) is 6.30. The van der Waals surface area contributed by atoms with E-state index in [1.165, 1.54) is 11.8 Å². The van der Waals surface area contributed by atoms with Gasteiger partial charge in [-0.2, -0.15) is 5.10 Å². The molecule has 0 bridgehead atoms. The van der Waals surface area contributed by atoms with E-state index in [0.29, 0.717) is 22.2 Å². The second-order valence-corrected chi connectivity index (χ2v) is 7.24. The van der Waals surface area contributed by atoms with Crippen molar-refractivity contribution in [2.75, 3.05) is 7.11 Å². The molecule has 1 N–H and O–H groups in total. The zero-order chi connectivity index (χ0) is 20.6. The van der Waals surface area contributed by atoms with E-state index in [4.69, 9.17) is 4.74 Å². The minimum Gasteiger partial charge on any atom is -0.496 e. The van der Waals surface area contributed by atoms with Crippen LogP contribution in [0.1, 0.15) is 34.0 Å². The summed E-state index contributed by atoms with van der Waals surface area (Å²) in [6, 6.07) is 15.0. The molecule has 7 heteroatoms. The number of carbonyl (C=O) groups is 1. The van der Waals surface area contributed by atoms with Gasteiger partial charge in [-0.1, -0.05) is 30.0 Å². The molecule has 1 aromatic heterocycles. The highest BCUT2D eigenvalue weighted by atomic mass is 32.2. The van der Waals surface area contributed by atoms with Gasteiger partial charge >= 0.3 is 0 Å². The van der Waals surface area contributed by atoms with E-state index < -0.39 is 0 Å². The summed E-state index contributed by atoms with van der Waals surface area (Å²) >= 11 is 1.53. The summed E-state index contributed by atoms with van der Waals surface area (Å²) < 4.78 is 5.47. The number of hydrazone groups is 1. The number of aryl methyl sites for hydroxylation is 1. The molecule has 3 rings (SSSR count). The number of aromatic nitrogens is 2. The summed E-state index contributed by atoms with van der Waals surface area (Å²) in [5, 5.41) is 4.98. The van der Waals surface area contributed by atoms with Gasteiger partial charge in [-0.05, 0) is 55.3 Å². The van der Waals surface area contributed by atoms with Crippen LogP contribution in [-0.2, 0) is 5.75 Å². The highest BCUT2D eigenvalue weighted by Gasteiger charge is 2.10. The van der Waals surface area contributed by atoms with Crippen molar-refractivity contribution in [2.45, 2.75) is 24.8 Å². The minimum atomic E-state index is -0.229. The maximum atomic E-state index is 12.4. The van der Waals surface area contributed by atoms with E-state index in [0.717, 1.165) is 22.4 Å². The van der Waals surface area contributed by atoms with E-state index in [9.17, 15) is 4.79 Å². The van der Waals surface area contributed by atoms with Crippen molar-refractivity contribution in [3.8, 4) is 5.75 Å². The summed E-state index contributed by atoms with van der Waals surface area (Å²) in [5.74, 6) is 1.21. The lowest BCUT2D eigenvalue weighted by Crippen LogP contribution is -2.20. The van der Waals surface area contributed by atoms with Crippen molar-refractivity contribution in [1.82, 2.24) is 15.4 Å². The van der Waals surface area contributed by atoms with Gasteiger partial charge in [-0.15, -0.1) is 0 Å². The van der Waals surface area contributed by atoms with Gasteiger partial charge in [0, 0.05) is 29.3 Å². The van der Waals surface area contributed by atoms with Crippen LogP contribution in [0.3, 0.4) is 0 Å². The lowest BCUT2D eigenvalue weighted by Gasteiger charge is -2.11. The Morgan fingerprint density at radius 3 is 2.62 bits per heavy atom. The van der Waals surface area contributed by atoms with Crippen LogP contribution in [0.5, 0.6) is 5.75 Å². The number of amides is 1. The lowest BCUT2D eigenvalue weighted by atomic mass is 10.1. The van der Waals surface area contributed by atoms with Crippen molar-refractivity contribution < 1.29 is 9.53 Å². The van der Waals surface area contributed by atoms with Crippen LogP contribution in [0.15, 0.2) is 71.2 Å². The van der Waals surface area contributed by atoms with Crippen molar-refractivity contribution in [3.63, 3.8) is 0 Å². The molecular weight excluding hydrogens is 384 g/mol. The third kappa shape index (κ3) is 5.42. The summed E-state index contributed by atoms with van der Waals surface area (Å²) in [5.41, 5.74) is 6.76. The molecule has 148 valence electrons. The molecule has 0 saturated carbocycles.